The number of carbonyl (C=O) groups excluding carboxylic acids is 4. The molecule has 0 unspecified atom stereocenters. The molecule has 1 aromatic rings. The minimum Gasteiger partial charge on any atom is -0.456 e. The van der Waals surface area contributed by atoms with E-state index in [4.69, 9.17) is 4.74 Å². The van der Waals surface area contributed by atoms with E-state index < -0.39 is 48.2 Å². The molecule has 29 heavy (non-hydrogen) atoms. The van der Waals surface area contributed by atoms with E-state index >= 15 is 0 Å². The van der Waals surface area contributed by atoms with E-state index in [0.29, 0.717) is 12.8 Å². The second kappa shape index (κ2) is 7.57. The molecule has 1 N–H and O–H groups in total. The smallest absolute Gasteiger partial charge is 0.326 e. The van der Waals surface area contributed by atoms with Crippen LogP contribution in [0.5, 0.6) is 0 Å². The van der Waals surface area contributed by atoms with Crippen LogP contribution in [0.3, 0.4) is 0 Å². The van der Waals surface area contributed by atoms with Gasteiger partial charge in [-0.1, -0.05) is 20.8 Å². The first-order valence-electron chi connectivity index (χ1n) is 9.60. The zero-order chi connectivity index (χ0) is 21.4. The molecule has 2 fully saturated rings. The Labute approximate surface area is 168 Å². The number of imide groups is 1. The third-order valence-electron chi connectivity index (χ3n) is 5.44. The average molecular weight is 404 g/mol. The van der Waals surface area contributed by atoms with Gasteiger partial charge in [0.25, 0.3) is 5.91 Å². The van der Waals surface area contributed by atoms with Crippen LogP contribution in [-0.4, -0.2) is 47.3 Å². The summed E-state index contributed by atoms with van der Waals surface area (Å²) in [5.41, 5.74) is -0.909. The number of rotatable bonds is 5. The normalized spacial score (nSPS) is 25.8. The maximum Gasteiger partial charge on any atom is 0.326 e. The van der Waals surface area contributed by atoms with Crippen LogP contribution in [0, 0.1) is 17.2 Å². The molecule has 7 nitrogen and oxygen atoms in total. The molecule has 1 spiro atoms. The molecule has 156 valence electrons. The van der Waals surface area contributed by atoms with Crippen LogP contribution < -0.4 is 5.32 Å². The minimum absolute atomic E-state index is 0.112. The molecule has 3 amide bonds. The zero-order valence-corrected chi connectivity index (χ0v) is 16.8. The summed E-state index contributed by atoms with van der Waals surface area (Å²) >= 11 is 0. The number of nitrogens with one attached hydrogen (secondary N) is 1. The summed E-state index contributed by atoms with van der Waals surface area (Å²) < 4.78 is 17.8. The number of urea groups is 1. The van der Waals surface area contributed by atoms with Gasteiger partial charge in [-0.3, -0.25) is 19.3 Å². The highest BCUT2D eigenvalue weighted by molar-refractivity contribution is 6.09. The van der Waals surface area contributed by atoms with Crippen molar-refractivity contribution in [1.29, 1.82) is 0 Å². The lowest BCUT2D eigenvalue weighted by atomic mass is 9.64. The molecular formula is C21H25FN2O5. The summed E-state index contributed by atoms with van der Waals surface area (Å²) in [4.78, 5) is 50.4. The van der Waals surface area contributed by atoms with E-state index in [9.17, 15) is 23.6 Å². The minimum atomic E-state index is -0.998. The Hall–Kier alpha value is -2.77. The van der Waals surface area contributed by atoms with Gasteiger partial charge >= 0.3 is 12.0 Å². The van der Waals surface area contributed by atoms with Crippen molar-refractivity contribution < 1.29 is 28.3 Å². The summed E-state index contributed by atoms with van der Waals surface area (Å²) in [5, 5.41) is 2.78. The van der Waals surface area contributed by atoms with Crippen molar-refractivity contribution in [1.82, 2.24) is 10.2 Å². The fraction of sp³-hybridized carbons (Fsp3) is 0.524. The Morgan fingerprint density at radius 2 is 1.86 bits per heavy atom. The van der Waals surface area contributed by atoms with Gasteiger partial charge in [0.15, 0.2) is 12.4 Å². The molecule has 2 aliphatic rings. The monoisotopic (exact) mass is 404 g/mol. The number of ether oxygens (including phenoxy) is 1. The van der Waals surface area contributed by atoms with Gasteiger partial charge in [-0.25, -0.2) is 9.18 Å². The number of benzene rings is 1. The standard InChI is InChI=1S/C21H25FN2O5/c1-13-8-20(2,3)12-21(9-13)18(27)24(19(28)23-21)10-17(26)29-11-16(25)14-4-6-15(22)7-5-14/h4-7,13H,8-12H2,1-3H3,(H,23,28)/t13-,21-/m0/s1. The summed E-state index contributed by atoms with van der Waals surface area (Å²) in [7, 11) is 0. The number of halogens is 1. The molecular weight excluding hydrogens is 379 g/mol. The highest BCUT2D eigenvalue weighted by Crippen LogP contribution is 2.46. The van der Waals surface area contributed by atoms with E-state index in [1.54, 1.807) is 0 Å². The third-order valence-corrected chi connectivity index (χ3v) is 5.44. The lowest BCUT2D eigenvalue weighted by molar-refractivity contribution is -0.147. The van der Waals surface area contributed by atoms with Gasteiger partial charge in [0.2, 0.25) is 0 Å². The van der Waals surface area contributed by atoms with Crippen LogP contribution in [-0.2, 0) is 14.3 Å². The van der Waals surface area contributed by atoms with E-state index in [2.05, 4.69) is 19.2 Å². The van der Waals surface area contributed by atoms with E-state index in [1.807, 2.05) is 6.92 Å². The van der Waals surface area contributed by atoms with Crippen LogP contribution in [0.1, 0.15) is 50.4 Å². The fourth-order valence-corrected chi connectivity index (χ4v) is 4.69. The van der Waals surface area contributed by atoms with Crippen LogP contribution >= 0.6 is 0 Å². The van der Waals surface area contributed by atoms with Gasteiger partial charge in [-0.15, -0.1) is 0 Å². The molecule has 3 rings (SSSR count). The number of nitrogens with zero attached hydrogens (tertiary/aromatic N) is 1. The molecule has 1 saturated carbocycles. The van der Waals surface area contributed by atoms with Crippen LogP contribution in [0.2, 0.25) is 0 Å². The fourth-order valence-electron chi connectivity index (χ4n) is 4.69. The Balaban J connectivity index is 1.60. The van der Waals surface area contributed by atoms with E-state index in [-0.39, 0.29) is 16.9 Å². The maximum atomic E-state index is 13.0. The second-order valence-electron chi connectivity index (χ2n) is 8.85. The lowest BCUT2D eigenvalue weighted by Crippen LogP contribution is -2.54. The highest BCUT2D eigenvalue weighted by atomic mass is 19.1. The van der Waals surface area contributed by atoms with Crippen molar-refractivity contribution in [2.45, 2.75) is 45.6 Å². The first kappa shape index (κ1) is 21.0. The largest absolute Gasteiger partial charge is 0.456 e. The van der Waals surface area contributed by atoms with Crippen molar-refractivity contribution in [2.24, 2.45) is 11.3 Å². The molecule has 8 heteroatoms. The predicted molar refractivity (Wildman–Crippen MR) is 101 cm³/mol. The quantitative estimate of drug-likeness (QED) is 0.463. The summed E-state index contributed by atoms with van der Waals surface area (Å²) in [6, 6.07) is 4.22. The third kappa shape index (κ3) is 4.46. The molecule has 2 atom stereocenters. The number of carbonyl (C=O) groups is 4. The van der Waals surface area contributed by atoms with Gasteiger partial charge in [0, 0.05) is 5.56 Å². The number of ketones is 1. The van der Waals surface area contributed by atoms with Crippen LogP contribution in [0.4, 0.5) is 9.18 Å². The van der Waals surface area contributed by atoms with E-state index in [1.165, 1.54) is 12.1 Å². The summed E-state index contributed by atoms with van der Waals surface area (Å²) in [6.45, 7) is 5.05. The topological polar surface area (TPSA) is 92.8 Å². The van der Waals surface area contributed by atoms with Gasteiger partial charge in [0.05, 0.1) is 0 Å². The van der Waals surface area contributed by atoms with Crippen molar-refractivity contribution in [3.05, 3.63) is 35.6 Å². The molecule has 0 radical (unpaired) electrons. The Bertz CT molecular complexity index is 851. The van der Waals surface area contributed by atoms with Gasteiger partial charge in [-0.2, -0.15) is 0 Å². The average Bonchev–Trinajstić information content (AvgIpc) is 2.82. The number of esters is 1. The zero-order valence-electron chi connectivity index (χ0n) is 16.8. The number of Topliss-reactive ketones (excluding diaryl/α,β-unsaturated/α-hetero) is 1. The summed E-state index contributed by atoms with van der Waals surface area (Å²) in [6.07, 6.45) is 1.98. The Kier molecular flexibility index (Phi) is 5.47. The predicted octanol–water partition coefficient (Wildman–Crippen LogP) is 2.69. The molecule has 1 aliphatic carbocycles. The second-order valence-corrected chi connectivity index (χ2v) is 8.85. The van der Waals surface area contributed by atoms with Gasteiger partial charge < -0.3 is 10.1 Å². The van der Waals surface area contributed by atoms with Crippen LogP contribution in [0.25, 0.3) is 0 Å². The van der Waals surface area contributed by atoms with Gasteiger partial charge in [0.1, 0.15) is 17.9 Å². The maximum absolute atomic E-state index is 13.0. The van der Waals surface area contributed by atoms with Crippen molar-refractivity contribution >= 4 is 23.7 Å². The Morgan fingerprint density at radius 1 is 1.21 bits per heavy atom. The molecule has 0 bridgehead atoms. The van der Waals surface area contributed by atoms with Crippen molar-refractivity contribution in [3.8, 4) is 0 Å². The lowest BCUT2D eigenvalue weighted by Gasteiger charge is -2.43. The number of hydrogen-bond donors (Lipinski definition) is 1. The number of hydrogen-bond acceptors (Lipinski definition) is 5. The SMILES string of the molecule is C[C@H]1CC(C)(C)C[C@]2(C1)NC(=O)N(CC(=O)OCC(=O)c1ccc(F)cc1)C2=O. The first-order chi connectivity index (χ1) is 13.5. The van der Waals surface area contributed by atoms with Crippen molar-refractivity contribution in [2.75, 3.05) is 13.2 Å². The molecule has 1 aliphatic heterocycles. The first-order valence-corrected chi connectivity index (χ1v) is 9.60. The number of amides is 3. The van der Waals surface area contributed by atoms with Gasteiger partial charge in [-0.05, 0) is 54.9 Å². The molecule has 1 saturated heterocycles. The molecule has 1 heterocycles. The Morgan fingerprint density at radius 3 is 2.48 bits per heavy atom. The van der Waals surface area contributed by atoms with Crippen LogP contribution in [0.15, 0.2) is 24.3 Å². The molecule has 0 aromatic heterocycles. The highest BCUT2D eigenvalue weighted by Gasteiger charge is 2.56. The molecule has 1 aromatic carbocycles. The summed E-state index contributed by atoms with van der Waals surface area (Å²) in [5.74, 6) is -2.02. The van der Waals surface area contributed by atoms with E-state index in [0.717, 1.165) is 23.5 Å². The van der Waals surface area contributed by atoms with Crippen molar-refractivity contribution in [3.63, 3.8) is 0 Å².